The van der Waals surface area contributed by atoms with E-state index in [0.29, 0.717) is 18.4 Å². The molecule has 3 nitrogen and oxygen atoms in total. The molecule has 1 aromatic rings. The Morgan fingerprint density at radius 1 is 1.35 bits per heavy atom. The molecule has 0 aliphatic heterocycles. The number of carbonyl (C=O) groups is 1. The van der Waals surface area contributed by atoms with Crippen molar-refractivity contribution in [2.24, 2.45) is 0 Å². The summed E-state index contributed by atoms with van der Waals surface area (Å²) in [5, 5.41) is 8.69. The Bertz CT molecular complexity index is 403. The van der Waals surface area contributed by atoms with E-state index >= 15 is 0 Å². The Balaban J connectivity index is 2.46. The van der Waals surface area contributed by atoms with Gasteiger partial charge in [-0.3, -0.25) is 0 Å². The van der Waals surface area contributed by atoms with Crippen molar-refractivity contribution in [2.75, 3.05) is 6.61 Å². The van der Waals surface area contributed by atoms with Crippen LogP contribution in [0, 0.1) is 0 Å². The van der Waals surface area contributed by atoms with E-state index in [9.17, 15) is 4.79 Å². The number of esters is 1. The summed E-state index contributed by atoms with van der Waals surface area (Å²) in [6.07, 6.45) is 0.950. The minimum Gasteiger partial charge on any atom is -0.457 e. The topological polar surface area (TPSA) is 46.5 Å². The van der Waals surface area contributed by atoms with Gasteiger partial charge >= 0.3 is 5.97 Å². The van der Waals surface area contributed by atoms with Gasteiger partial charge in [0.2, 0.25) is 0 Å². The molecule has 0 aliphatic carbocycles. The SMILES string of the molecule is C=C=C(CCCO)C(=O)OCc1ccccc1. The molecular weight excluding hydrogens is 216 g/mol. The average molecular weight is 232 g/mol. The first kappa shape index (κ1) is 13.2. The van der Waals surface area contributed by atoms with Crippen LogP contribution in [0.2, 0.25) is 0 Å². The molecule has 1 aromatic carbocycles. The number of ether oxygens (including phenoxy) is 1. The van der Waals surface area contributed by atoms with Crippen molar-refractivity contribution < 1.29 is 14.6 Å². The van der Waals surface area contributed by atoms with Crippen molar-refractivity contribution in [3.63, 3.8) is 0 Å². The summed E-state index contributed by atoms with van der Waals surface area (Å²) in [5.74, 6) is -0.419. The lowest BCUT2D eigenvalue weighted by Gasteiger charge is -2.06. The number of aliphatic hydroxyl groups is 1. The van der Waals surface area contributed by atoms with E-state index in [4.69, 9.17) is 9.84 Å². The fourth-order valence-corrected chi connectivity index (χ4v) is 1.33. The molecule has 90 valence electrons. The Hall–Kier alpha value is -1.83. The number of benzene rings is 1. The molecule has 0 heterocycles. The summed E-state index contributed by atoms with van der Waals surface area (Å²) in [6, 6.07) is 9.45. The smallest absolute Gasteiger partial charge is 0.342 e. The molecular formula is C14H16O3. The van der Waals surface area contributed by atoms with Crippen LogP contribution in [-0.2, 0) is 16.1 Å². The third-order valence-corrected chi connectivity index (χ3v) is 2.26. The van der Waals surface area contributed by atoms with E-state index in [2.05, 4.69) is 12.3 Å². The lowest BCUT2D eigenvalue weighted by molar-refractivity contribution is -0.140. The second-order valence-electron chi connectivity index (χ2n) is 3.54. The first-order chi connectivity index (χ1) is 8.27. The van der Waals surface area contributed by atoms with Crippen molar-refractivity contribution in [3.05, 3.63) is 53.8 Å². The molecule has 0 radical (unpaired) electrons. The predicted molar refractivity (Wildman–Crippen MR) is 65.2 cm³/mol. The Labute approximate surface area is 101 Å². The summed E-state index contributed by atoms with van der Waals surface area (Å²) in [6.45, 7) is 3.72. The standard InChI is InChI=1S/C14H16O3/c1-2-13(9-6-10-15)14(16)17-11-12-7-4-3-5-8-12/h3-5,7-8,15H,1,6,9-11H2. The molecule has 1 rings (SSSR count). The van der Waals surface area contributed by atoms with E-state index in [1.165, 1.54) is 0 Å². The largest absolute Gasteiger partial charge is 0.457 e. The molecule has 0 saturated heterocycles. The summed E-state index contributed by atoms with van der Waals surface area (Å²) >= 11 is 0. The highest BCUT2D eigenvalue weighted by molar-refractivity contribution is 5.88. The molecule has 0 fully saturated rings. The highest BCUT2D eigenvalue weighted by Crippen LogP contribution is 2.08. The van der Waals surface area contributed by atoms with Gasteiger partial charge in [0.1, 0.15) is 6.61 Å². The summed E-state index contributed by atoms with van der Waals surface area (Å²) < 4.78 is 5.12. The van der Waals surface area contributed by atoms with Crippen LogP contribution in [0.15, 0.2) is 48.2 Å². The van der Waals surface area contributed by atoms with Gasteiger partial charge in [0, 0.05) is 6.61 Å². The maximum absolute atomic E-state index is 11.6. The maximum atomic E-state index is 11.6. The van der Waals surface area contributed by atoms with E-state index < -0.39 is 5.97 Å². The van der Waals surface area contributed by atoms with Crippen molar-refractivity contribution in [2.45, 2.75) is 19.4 Å². The highest BCUT2D eigenvalue weighted by Gasteiger charge is 2.09. The molecule has 0 atom stereocenters. The van der Waals surface area contributed by atoms with Crippen LogP contribution in [0.5, 0.6) is 0 Å². The summed E-state index contributed by atoms with van der Waals surface area (Å²) in [7, 11) is 0. The fraction of sp³-hybridized carbons (Fsp3) is 0.286. The molecule has 0 saturated carbocycles. The van der Waals surface area contributed by atoms with Crippen LogP contribution in [0.3, 0.4) is 0 Å². The third kappa shape index (κ3) is 4.68. The van der Waals surface area contributed by atoms with Gasteiger partial charge in [0.25, 0.3) is 0 Å². The van der Waals surface area contributed by atoms with Gasteiger partial charge in [-0.15, -0.1) is 5.73 Å². The number of carbonyl (C=O) groups excluding carboxylic acids is 1. The van der Waals surface area contributed by atoms with Gasteiger partial charge in [-0.05, 0) is 18.4 Å². The van der Waals surface area contributed by atoms with E-state index in [1.54, 1.807) is 0 Å². The molecule has 3 heteroatoms. The van der Waals surface area contributed by atoms with Crippen LogP contribution in [0.1, 0.15) is 18.4 Å². The van der Waals surface area contributed by atoms with Gasteiger partial charge in [-0.1, -0.05) is 36.9 Å². The molecule has 0 amide bonds. The van der Waals surface area contributed by atoms with Gasteiger partial charge in [-0.25, -0.2) is 4.79 Å². The fourth-order valence-electron chi connectivity index (χ4n) is 1.33. The van der Waals surface area contributed by atoms with Crippen molar-refractivity contribution in [1.29, 1.82) is 0 Å². The second-order valence-corrected chi connectivity index (χ2v) is 3.54. The van der Waals surface area contributed by atoms with Crippen LogP contribution in [-0.4, -0.2) is 17.7 Å². The lowest BCUT2D eigenvalue weighted by Crippen LogP contribution is -2.08. The maximum Gasteiger partial charge on any atom is 0.342 e. The molecule has 1 N–H and O–H groups in total. The van der Waals surface area contributed by atoms with Crippen LogP contribution >= 0.6 is 0 Å². The average Bonchev–Trinajstić information content (AvgIpc) is 2.38. The number of hydrogen-bond acceptors (Lipinski definition) is 3. The second kappa shape index (κ2) is 7.44. The molecule has 0 unspecified atom stereocenters. The molecule has 0 aliphatic rings. The summed E-state index contributed by atoms with van der Waals surface area (Å²) in [5.41, 5.74) is 3.87. The Morgan fingerprint density at radius 3 is 2.65 bits per heavy atom. The zero-order valence-electron chi connectivity index (χ0n) is 9.69. The monoisotopic (exact) mass is 232 g/mol. The zero-order valence-corrected chi connectivity index (χ0v) is 9.69. The Morgan fingerprint density at radius 2 is 2.06 bits per heavy atom. The third-order valence-electron chi connectivity index (χ3n) is 2.26. The van der Waals surface area contributed by atoms with Crippen LogP contribution in [0.4, 0.5) is 0 Å². The van der Waals surface area contributed by atoms with Gasteiger partial charge < -0.3 is 9.84 Å². The lowest BCUT2D eigenvalue weighted by atomic mass is 10.1. The van der Waals surface area contributed by atoms with E-state index in [-0.39, 0.29) is 13.2 Å². The predicted octanol–water partition coefficient (Wildman–Crippen LogP) is 2.21. The minimum absolute atomic E-state index is 0.0388. The highest BCUT2D eigenvalue weighted by atomic mass is 16.5. The summed E-state index contributed by atoms with van der Waals surface area (Å²) in [4.78, 5) is 11.6. The van der Waals surface area contributed by atoms with E-state index in [0.717, 1.165) is 5.56 Å². The van der Waals surface area contributed by atoms with Gasteiger partial charge in [0.05, 0.1) is 5.57 Å². The van der Waals surface area contributed by atoms with Crippen molar-refractivity contribution in [3.8, 4) is 0 Å². The number of rotatable bonds is 6. The van der Waals surface area contributed by atoms with E-state index in [1.807, 2.05) is 30.3 Å². The van der Waals surface area contributed by atoms with Crippen molar-refractivity contribution in [1.82, 2.24) is 0 Å². The van der Waals surface area contributed by atoms with Gasteiger partial charge in [-0.2, -0.15) is 0 Å². The number of aliphatic hydroxyl groups excluding tert-OH is 1. The van der Waals surface area contributed by atoms with Crippen molar-refractivity contribution >= 4 is 5.97 Å². The molecule has 0 spiro atoms. The van der Waals surface area contributed by atoms with Crippen LogP contribution < -0.4 is 0 Å². The number of hydrogen-bond donors (Lipinski definition) is 1. The minimum atomic E-state index is -0.419. The Kier molecular flexibility index (Phi) is 5.80. The first-order valence-electron chi connectivity index (χ1n) is 5.48. The first-order valence-corrected chi connectivity index (χ1v) is 5.48. The quantitative estimate of drug-likeness (QED) is 0.464. The molecule has 0 aromatic heterocycles. The molecule has 0 bridgehead atoms. The normalized spacial score (nSPS) is 9.47. The molecule has 17 heavy (non-hydrogen) atoms. The zero-order chi connectivity index (χ0) is 12.5. The van der Waals surface area contributed by atoms with Crippen LogP contribution in [0.25, 0.3) is 0 Å². The van der Waals surface area contributed by atoms with Gasteiger partial charge in [0.15, 0.2) is 0 Å².